The SMILES string of the molecule is O=C(C1CC1)N(CCN1CCOCC1)C1CCNC1. The van der Waals surface area contributed by atoms with Crippen LogP contribution >= 0.6 is 0 Å². The van der Waals surface area contributed by atoms with Crippen molar-refractivity contribution in [3.63, 3.8) is 0 Å². The van der Waals surface area contributed by atoms with Crippen LogP contribution in [-0.4, -0.2) is 74.2 Å². The summed E-state index contributed by atoms with van der Waals surface area (Å²) < 4.78 is 5.37. The van der Waals surface area contributed by atoms with Crippen molar-refractivity contribution in [2.45, 2.75) is 25.3 Å². The maximum atomic E-state index is 12.4. The first-order valence-corrected chi connectivity index (χ1v) is 7.66. The first-order valence-electron chi connectivity index (χ1n) is 7.66. The van der Waals surface area contributed by atoms with E-state index < -0.39 is 0 Å². The summed E-state index contributed by atoms with van der Waals surface area (Å²) in [6.45, 7) is 7.60. The summed E-state index contributed by atoms with van der Waals surface area (Å²) in [6.07, 6.45) is 3.32. The standard InChI is InChI=1S/C14H25N3O2/c18-14(12-1-2-12)17(13-3-4-15-11-13)6-5-16-7-9-19-10-8-16/h12-13,15H,1-11H2. The second-order valence-electron chi connectivity index (χ2n) is 5.91. The number of nitrogens with one attached hydrogen (secondary N) is 1. The lowest BCUT2D eigenvalue weighted by Gasteiger charge is -2.33. The molecule has 19 heavy (non-hydrogen) atoms. The highest BCUT2D eigenvalue weighted by Gasteiger charge is 2.37. The average Bonchev–Trinajstić information content (AvgIpc) is 3.17. The number of rotatable bonds is 5. The van der Waals surface area contributed by atoms with Gasteiger partial charge in [-0.2, -0.15) is 0 Å². The van der Waals surface area contributed by atoms with Crippen molar-refractivity contribution in [3.05, 3.63) is 0 Å². The normalized spacial score (nSPS) is 28.5. The van der Waals surface area contributed by atoms with Gasteiger partial charge in [-0.25, -0.2) is 0 Å². The number of ether oxygens (including phenoxy) is 1. The highest BCUT2D eigenvalue weighted by Crippen LogP contribution is 2.32. The quantitative estimate of drug-likeness (QED) is 0.757. The van der Waals surface area contributed by atoms with E-state index in [0.29, 0.717) is 17.9 Å². The van der Waals surface area contributed by atoms with Gasteiger partial charge in [-0.05, 0) is 25.8 Å². The van der Waals surface area contributed by atoms with Gasteiger partial charge in [0.05, 0.1) is 13.2 Å². The third-order valence-electron chi connectivity index (χ3n) is 4.45. The van der Waals surface area contributed by atoms with Crippen molar-refractivity contribution >= 4 is 5.91 Å². The second-order valence-corrected chi connectivity index (χ2v) is 5.91. The highest BCUT2D eigenvalue weighted by molar-refractivity contribution is 5.81. The largest absolute Gasteiger partial charge is 0.379 e. The van der Waals surface area contributed by atoms with E-state index in [1.165, 1.54) is 0 Å². The first kappa shape index (κ1) is 13.3. The van der Waals surface area contributed by atoms with Gasteiger partial charge in [-0.3, -0.25) is 9.69 Å². The van der Waals surface area contributed by atoms with Crippen LogP contribution in [0.3, 0.4) is 0 Å². The molecule has 1 saturated carbocycles. The van der Waals surface area contributed by atoms with Crippen LogP contribution in [0, 0.1) is 5.92 Å². The molecule has 0 aromatic rings. The lowest BCUT2D eigenvalue weighted by Crippen LogP contribution is -2.48. The van der Waals surface area contributed by atoms with Crippen molar-refractivity contribution in [1.82, 2.24) is 15.1 Å². The summed E-state index contributed by atoms with van der Waals surface area (Å²) in [5.74, 6) is 0.743. The molecule has 3 aliphatic rings. The van der Waals surface area contributed by atoms with Crippen molar-refractivity contribution in [3.8, 4) is 0 Å². The predicted molar refractivity (Wildman–Crippen MR) is 73.0 cm³/mol. The van der Waals surface area contributed by atoms with Gasteiger partial charge >= 0.3 is 0 Å². The molecule has 0 bridgehead atoms. The fraction of sp³-hybridized carbons (Fsp3) is 0.929. The van der Waals surface area contributed by atoms with Crippen LogP contribution in [0.4, 0.5) is 0 Å². The van der Waals surface area contributed by atoms with E-state index in [-0.39, 0.29) is 0 Å². The summed E-state index contributed by atoms with van der Waals surface area (Å²) in [6, 6.07) is 0.425. The number of amides is 1. The number of hydrogen-bond acceptors (Lipinski definition) is 4. The van der Waals surface area contributed by atoms with Gasteiger partial charge in [0, 0.05) is 44.7 Å². The average molecular weight is 267 g/mol. The van der Waals surface area contributed by atoms with E-state index in [1.54, 1.807) is 0 Å². The summed E-state index contributed by atoms with van der Waals surface area (Å²) in [5, 5.41) is 3.38. The molecule has 1 amide bonds. The summed E-state index contributed by atoms with van der Waals surface area (Å²) in [4.78, 5) is 17.0. The lowest BCUT2D eigenvalue weighted by atomic mass is 10.2. The van der Waals surface area contributed by atoms with Crippen molar-refractivity contribution < 1.29 is 9.53 Å². The molecule has 5 heteroatoms. The third-order valence-corrected chi connectivity index (χ3v) is 4.45. The molecule has 1 N–H and O–H groups in total. The minimum absolute atomic E-state index is 0.338. The molecule has 0 aromatic heterocycles. The van der Waals surface area contributed by atoms with E-state index in [9.17, 15) is 4.79 Å². The molecule has 2 aliphatic heterocycles. The van der Waals surface area contributed by atoms with E-state index in [1.807, 2.05) is 0 Å². The highest BCUT2D eigenvalue weighted by atomic mass is 16.5. The van der Waals surface area contributed by atoms with Gasteiger partial charge < -0.3 is 15.0 Å². The molecule has 0 radical (unpaired) electrons. The van der Waals surface area contributed by atoms with Gasteiger partial charge in [0.1, 0.15) is 0 Å². The first-order chi connectivity index (χ1) is 9.34. The summed E-state index contributed by atoms with van der Waals surface area (Å²) in [5.41, 5.74) is 0. The number of morpholine rings is 1. The molecule has 3 rings (SSSR count). The molecule has 2 saturated heterocycles. The summed E-state index contributed by atoms with van der Waals surface area (Å²) >= 11 is 0. The number of hydrogen-bond donors (Lipinski definition) is 1. The Labute approximate surface area is 115 Å². The Bertz CT molecular complexity index is 308. The molecule has 1 aliphatic carbocycles. The molecule has 1 atom stereocenters. The smallest absolute Gasteiger partial charge is 0.226 e. The van der Waals surface area contributed by atoms with Crippen LogP contribution < -0.4 is 5.32 Å². The zero-order valence-electron chi connectivity index (χ0n) is 11.6. The van der Waals surface area contributed by atoms with Gasteiger partial charge in [0.15, 0.2) is 0 Å². The van der Waals surface area contributed by atoms with Gasteiger partial charge in [-0.1, -0.05) is 0 Å². The van der Waals surface area contributed by atoms with E-state index in [2.05, 4.69) is 15.1 Å². The predicted octanol–water partition coefficient (Wildman–Crippen LogP) is -0.0809. The Morgan fingerprint density at radius 3 is 2.68 bits per heavy atom. The maximum Gasteiger partial charge on any atom is 0.226 e. The molecule has 108 valence electrons. The van der Waals surface area contributed by atoms with E-state index in [4.69, 9.17) is 4.74 Å². The van der Waals surface area contributed by atoms with Gasteiger partial charge in [0.25, 0.3) is 0 Å². The second kappa shape index (κ2) is 6.20. The monoisotopic (exact) mass is 267 g/mol. The summed E-state index contributed by atoms with van der Waals surface area (Å²) in [7, 11) is 0. The van der Waals surface area contributed by atoms with Gasteiger partial charge in [0.2, 0.25) is 5.91 Å². The molecular weight excluding hydrogens is 242 g/mol. The van der Waals surface area contributed by atoms with Gasteiger partial charge in [-0.15, -0.1) is 0 Å². The molecule has 0 spiro atoms. The van der Waals surface area contributed by atoms with Crippen molar-refractivity contribution in [2.75, 3.05) is 52.5 Å². The van der Waals surface area contributed by atoms with Crippen LogP contribution in [0.2, 0.25) is 0 Å². The fourth-order valence-electron chi connectivity index (χ4n) is 3.02. The molecule has 0 aromatic carbocycles. The number of nitrogens with zero attached hydrogens (tertiary/aromatic N) is 2. The molecular formula is C14H25N3O2. The Morgan fingerprint density at radius 2 is 2.05 bits per heavy atom. The number of carbonyl (C=O) groups is 1. The van der Waals surface area contributed by atoms with Crippen LogP contribution in [0.25, 0.3) is 0 Å². The van der Waals surface area contributed by atoms with Crippen LogP contribution in [0.1, 0.15) is 19.3 Å². The lowest BCUT2D eigenvalue weighted by molar-refractivity contribution is -0.135. The molecule has 2 heterocycles. The van der Waals surface area contributed by atoms with Crippen molar-refractivity contribution in [2.24, 2.45) is 5.92 Å². The Kier molecular flexibility index (Phi) is 4.35. The zero-order chi connectivity index (χ0) is 13.1. The van der Waals surface area contributed by atoms with Crippen LogP contribution in [-0.2, 0) is 9.53 Å². The topological polar surface area (TPSA) is 44.8 Å². The molecule has 5 nitrogen and oxygen atoms in total. The fourth-order valence-corrected chi connectivity index (χ4v) is 3.02. The Hall–Kier alpha value is -0.650. The minimum atomic E-state index is 0.338. The van der Waals surface area contributed by atoms with E-state index in [0.717, 1.165) is 71.7 Å². The molecule has 3 fully saturated rings. The minimum Gasteiger partial charge on any atom is -0.379 e. The Morgan fingerprint density at radius 1 is 1.26 bits per heavy atom. The van der Waals surface area contributed by atoms with Crippen LogP contribution in [0.5, 0.6) is 0 Å². The van der Waals surface area contributed by atoms with E-state index >= 15 is 0 Å². The maximum absolute atomic E-state index is 12.4. The number of carbonyl (C=O) groups excluding carboxylic acids is 1. The van der Waals surface area contributed by atoms with Crippen molar-refractivity contribution in [1.29, 1.82) is 0 Å². The third kappa shape index (κ3) is 3.46. The Balaban J connectivity index is 1.53. The zero-order valence-corrected chi connectivity index (χ0v) is 11.6. The molecule has 1 unspecified atom stereocenters. The van der Waals surface area contributed by atoms with Crippen LogP contribution in [0.15, 0.2) is 0 Å².